The van der Waals surface area contributed by atoms with E-state index >= 15 is 0 Å². The van der Waals surface area contributed by atoms with E-state index in [9.17, 15) is 19.2 Å². The van der Waals surface area contributed by atoms with E-state index in [4.69, 9.17) is 13.9 Å². The third kappa shape index (κ3) is 5.97. The number of hydrogen-bond donors (Lipinski definition) is 2. The van der Waals surface area contributed by atoms with Crippen LogP contribution in [0.2, 0.25) is 0 Å². The highest BCUT2D eigenvalue weighted by Gasteiger charge is 2.31. The quantitative estimate of drug-likeness (QED) is 0.468. The van der Waals surface area contributed by atoms with Gasteiger partial charge in [0.2, 0.25) is 11.8 Å². The van der Waals surface area contributed by atoms with Gasteiger partial charge >= 0.3 is 11.8 Å². The summed E-state index contributed by atoms with van der Waals surface area (Å²) in [4.78, 5) is 47.7. The average Bonchev–Trinajstić information content (AvgIpc) is 3.02. The molecule has 32 heavy (non-hydrogen) atoms. The summed E-state index contributed by atoms with van der Waals surface area (Å²) >= 11 is 0. The van der Waals surface area contributed by atoms with Crippen molar-refractivity contribution in [3.8, 4) is 0 Å². The Morgan fingerprint density at radius 2 is 2.03 bits per heavy atom. The lowest BCUT2D eigenvalue weighted by molar-refractivity contribution is -0.135. The summed E-state index contributed by atoms with van der Waals surface area (Å²) in [5, 5.41) is 4.90. The Kier molecular flexibility index (Phi) is 7.34. The number of nitrogens with zero attached hydrogens (tertiary/aromatic N) is 1. The van der Waals surface area contributed by atoms with E-state index in [1.54, 1.807) is 32.9 Å². The Balaban J connectivity index is 1.52. The van der Waals surface area contributed by atoms with Gasteiger partial charge in [0.25, 0.3) is 0 Å². The molecule has 1 fully saturated rings. The molecular weight excluding hydrogens is 418 g/mol. The van der Waals surface area contributed by atoms with Crippen molar-refractivity contribution in [2.75, 3.05) is 19.8 Å². The second-order valence-electron chi connectivity index (χ2n) is 8.61. The van der Waals surface area contributed by atoms with Gasteiger partial charge in [-0.25, -0.2) is 9.59 Å². The van der Waals surface area contributed by atoms with Gasteiger partial charge in [0.05, 0.1) is 12.1 Å². The fourth-order valence-corrected chi connectivity index (χ4v) is 3.54. The van der Waals surface area contributed by atoms with Crippen LogP contribution in [0.5, 0.6) is 0 Å². The van der Waals surface area contributed by atoms with Crippen LogP contribution >= 0.6 is 0 Å². The lowest BCUT2D eigenvalue weighted by atomic mass is 10.0. The summed E-state index contributed by atoms with van der Waals surface area (Å²) in [6, 6.07) is 4.63. The molecular formula is C22H29N3O7. The number of para-hydroxylation sites is 1. The minimum absolute atomic E-state index is 0.176. The van der Waals surface area contributed by atoms with Gasteiger partial charge in [-0.3, -0.25) is 19.5 Å². The second-order valence-corrected chi connectivity index (χ2v) is 8.61. The normalized spacial score (nSPS) is 16.8. The molecule has 1 saturated heterocycles. The monoisotopic (exact) mass is 447 g/mol. The Bertz CT molecular complexity index is 1050. The molecule has 1 atom stereocenters. The Labute approximate surface area is 185 Å². The Morgan fingerprint density at radius 1 is 1.25 bits per heavy atom. The van der Waals surface area contributed by atoms with Crippen molar-refractivity contribution in [3.05, 3.63) is 34.3 Å². The molecule has 2 heterocycles. The highest BCUT2D eigenvalue weighted by atomic mass is 16.6. The van der Waals surface area contributed by atoms with Gasteiger partial charge in [0, 0.05) is 19.6 Å². The smallest absolute Gasteiger partial charge is 0.420 e. The number of nitrogens with one attached hydrogen (secondary N) is 2. The maximum absolute atomic E-state index is 12.5. The largest absolute Gasteiger partial charge is 0.444 e. The first kappa shape index (κ1) is 23.5. The number of imide groups is 1. The van der Waals surface area contributed by atoms with E-state index in [2.05, 4.69) is 10.6 Å². The van der Waals surface area contributed by atoms with Gasteiger partial charge in [-0.05, 0) is 51.7 Å². The number of ether oxygens (including phenoxy) is 2. The van der Waals surface area contributed by atoms with Crippen LogP contribution in [-0.4, -0.2) is 47.8 Å². The summed E-state index contributed by atoms with van der Waals surface area (Å²) in [7, 11) is 0. The van der Waals surface area contributed by atoms with Crippen molar-refractivity contribution >= 4 is 29.0 Å². The molecule has 174 valence electrons. The summed E-state index contributed by atoms with van der Waals surface area (Å²) in [6.45, 7) is 6.54. The van der Waals surface area contributed by atoms with Crippen molar-refractivity contribution in [2.24, 2.45) is 0 Å². The Morgan fingerprint density at radius 3 is 2.75 bits per heavy atom. The summed E-state index contributed by atoms with van der Waals surface area (Å²) in [5.74, 6) is -1.45. The summed E-state index contributed by atoms with van der Waals surface area (Å²) < 4.78 is 17.5. The molecule has 1 aliphatic rings. The molecule has 1 aromatic carbocycles. The molecule has 0 saturated carbocycles. The van der Waals surface area contributed by atoms with Crippen molar-refractivity contribution in [3.63, 3.8) is 0 Å². The van der Waals surface area contributed by atoms with Crippen molar-refractivity contribution < 1.29 is 28.3 Å². The predicted octanol–water partition coefficient (Wildman–Crippen LogP) is 2.05. The first-order chi connectivity index (χ1) is 15.2. The topological polar surface area (TPSA) is 129 Å². The zero-order valence-electron chi connectivity index (χ0n) is 18.6. The molecule has 1 aliphatic heterocycles. The van der Waals surface area contributed by atoms with Gasteiger partial charge in [-0.1, -0.05) is 12.1 Å². The molecule has 0 spiro atoms. The van der Waals surface area contributed by atoms with E-state index in [-0.39, 0.29) is 18.7 Å². The van der Waals surface area contributed by atoms with E-state index in [1.807, 2.05) is 6.07 Å². The molecule has 3 rings (SSSR count). The van der Waals surface area contributed by atoms with E-state index in [0.717, 1.165) is 5.56 Å². The zero-order chi connectivity index (χ0) is 23.3. The number of carbonyl (C=O) groups excluding carboxylic acids is 3. The number of hydrogen-bond acceptors (Lipinski definition) is 7. The van der Waals surface area contributed by atoms with Gasteiger partial charge in [-0.2, -0.15) is 0 Å². The highest BCUT2D eigenvalue weighted by molar-refractivity contribution is 6.00. The molecule has 2 N–H and O–H groups in total. The maximum Gasteiger partial charge on any atom is 0.420 e. The number of fused-ring (bicyclic) bond motifs is 1. The van der Waals surface area contributed by atoms with Crippen LogP contribution in [0.1, 0.15) is 51.6 Å². The third-order valence-electron chi connectivity index (χ3n) is 4.89. The lowest BCUT2D eigenvalue weighted by Crippen LogP contribution is -2.43. The van der Waals surface area contributed by atoms with E-state index in [0.29, 0.717) is 43.7 Å². The molecule has 1 unspecified atom stereocenters. The Hall–Kier alpha value is -3.14. The lowest BCUT2D eigenvalue weighted by Gasteiger charge is -2.21. The van der Waals surface area contributed by atoms with Crippen LogP contribution in [0.15, 0.2) is 27.4 Å². The summed E-state index contributed by atoms with van der Waals surface area (Å²) in [5.41, 5.74) is 1.26. The SMILES string of the molecule is CC(C)(C)OC(=O)NCCOCCCc1cccc2c1oc(=O)n2C1CCC(=O)NC1=O. The fourth-order valence-electron chi connectivity index (χ4n) is 3.54. The molecule has 3 amide bonds. The molecule has 0 aliphatic carbocycles. The molecule has 0 radical (unpaired) electrons. The standard InChI is InChI=1S/C22H29N3O7/c1-22(2,3)32-20(28)23-11-13-30-12-5-7-14-6-4-8-15-18(14)31-21(29)25(15)16-9-10-17(26)24-19(16)27/h4,6,8,16H,5,7,9-13H2,1-3H3,(H,23,28)(H,24,26,27). The number of carbonyl (C=O) groups is 3. The number of alkyl carbamates (subject to hydrolysis) is 1. The van der Waals surface area contributed by atoms with Crippen LogP contribution in [0.3, 0.4) is 0 Å². The first-order valence-corrected chi connectivity index (χ1v) is 10.7. The van der Waals surface area contributed by atoms with Gasteiger partial charge in [0.1, 0.15) is 11.6 Å². The van der Waals surface area contributed by atoms with Crippen molar-refractivity contribution in [1.82, 2.24) is 15.2 Å². The molecule has 2 aromatic rings. The number of piperidine rings is 1. The van der Waals surface area contributed by atoms with Crippen molar-refractivity contribution in [2.45, 2.75) is 58.1 Å². The minimum atomic E-state index is -0.766. The van der Waals surface area contributed by atoms with Crippen LogP contribution in [0.25, 0.3) is 11.1 Å². The van der Waals surface area contributed by atoms with E-state index < -0.39 is 29.4 Å². The third-order valence-corrected chi connectivity index (χ3v) is 4.89. The maximum atomic E-state index is 12.5. The molecule has 0 bridgehead atoms. The second kappa shape index (κ2) is 9.99. The fraction of sp³-hybridized carbons (Fsp3) is 0.545. The molecule has 10 nitrogen and oxygen atoms in total. The number of aryl methyl sites for hydroxylation is 1. The van der Waals surface area contributed by atoms with Crippen LogP contribution < -0.4 is 16.4 Å². The predicted molar refractivity (Wildman–Crippen MR) is 115 cm³/mol. The molecule has 1 aromatic heterocycles. The number of benzene rings is 1. The van der Waals surface area contributed by atoms with Crippen LogP contribution in [-0.2, 0) is 25.5 Å². The summed E-state index contributed by atoms with van der Waals surface area (Å²) in [6.07, 6.45) is 1.24. The highest BCUT2D eigenvalue weighted by Crippen LogP contribution is 2.25. The number of aromatic nitrogens is 1. The van der Waals surface area contributed by atoms with Gasteiger partial charge in [0.15, 0.2) is 5.58 Å². The number of rotatable bonds is 8. The van der Waals surface area contributed by atoms with Crippen LogP contribution in [0.4, 0.5) is 4.79 Å². The van der Waals surface area contributed by atoms with E-state index in [1.165, 1.54) is 4.57 Å². The minimum Gasteiger partial charge on any atom is -0.444 e. The van der Waals surface area contributed by atoms with Crippen LogP contribution in [0, 0.1) is 0 Å². The number of amides is 3. The average molecular weight is 447 g/mol. The zero-order valence-corrected chi connectivity index (χ0v) is 18.6. The first-order valence-electron chi connectivity index (χ1n) is 10.7. The number of oxazole rings is 1. The van der Waals surface area contributed by atoms with Crippen molar-refractivity contribution in [1.29, 1.82) is 0 Å². The molecule has 10 heteroatoms. The van der Waals surface area contributed by atoms with Gasteiger partial charge in [-0.15, -0.1) is 0 Å². The van der Waals surface area contributed by atoms with Gasteiger partial charge < -0.3 is 19.2 Å².